The molecule has 0 aliphatic heterocycles. The smallest absolute Gasteiger partial charge is 0.257 e. The Morgan fingerprint density at radius 1 is 1.08 bits per heavy atom. The van der Waals surface area contributed by atoms with E-state index < -0.39 is 11.8 Å². The molecule has 7 nitrogen and oxygen atoms in total. The summed E-state index contributed by atoms with van der Waals surface area (Å²) < 4.78 is 0. The first-order valence-electron chi connectivity index (χ1n) is 7.56. The van der Waals surface area contributed by atoms with E-state index in [-0.39, 0.29) is 11.3 Å². The third-order valence-corrected chi connectivity index (χ3v) is 3.49. The fourth-order valence-electron chi connectivity index (χ4n) is 2.21. The summed E-state index contributed by atoms with van der Waals surface area (Å²) in [6, 6.07) is 2.78. The Balaban J connectivity index is 2.37. The fourth-order valence-corrected chi connectivity index (χ4v) is 2.21. The van der Waals surface area contributed by atoms with E-state index in [9.17, 15) is 14.7 Å². The molecule has 0 fully saturated rings. The number of rotatable bonds is 4. The molecule has 126 valence electrons. The second-order valence-corrected chi connectivity index (χ2v) is 5.45. The SMILES string of the molecule is CCNC(=O)c1cc(C(=O)Nc2nc(C)ncc2C)c(C)cc1O. The van der Waals surface area contributed by atoms with Crippen LogP contribution in [0.25, 0.3) is 0 Å². The molecule has 2 aromatic rings. The number of nitrogens with one attached hydrogen (secondary N) is 2. The van der Waals surface area contributed by atoms with Crippen LogP contribution in [0.4, 0.5) is 5.82 Å². The Labute approximate surface area is 140 Å². The molecule has 1 heterocycles. The van der Waals surface area contributed by atoms with Crippen LogP contribution in [0.3, 0.4) is 0 Å². The molecule has 0 atom stereocenters. The molecule has 1 aromatic carbocycles. The molecule has 0 aliphatic carbocycles. The summed E-state index contributed by atoms with van der Waals surface area (Å²) in [6.45, 7) is 7.41. The van der Waals surface area contributed by atoms with Crippen molar-refractivity contribution in [1.29, 1.82) is 0 Å². The van der Waals surface area contributed by atoms with Gasteiger partial charge >= 0.3 is 0 Å². The van der Waals surface area contributed by atoms with Gasteiger partial charge in [0.1, 0.15) is 17.4 Å². The zero-order valence-electron chi connectivity index (χ0n) is 14.1. The average Bonchev–Trinajstić information content (AvgIpc) is 2.51. The second kappa shape index (κ2) is 7.08. The number of phenols is 1. The Morgan fingerprint density at radius 3 is 2.46 bits per heavy atom. The molecule has 0 saturated heterocycles. The quantitative estimate of drug-likeness (QED) is 0.797. The molecule has 0 spiro atoms. The van der Waals surface area contributed by atoms with Crippen LogP contribution in [0, 0.1) is 20.8 Å². The lowest BCUT2D eigenvalue weighted by Gasteiger charge is -2.12. The first-order valence-corrected chi connectivity index (χ1v) is 7.56. The fraction of sp³-hybridized carbons (Fsp3) is 0.294. The molecule has 0 radical (unpaired) electrons. The first kappa shape index (κ1) is 17.4. The van der Waals surface area contributed by atoms with E-state index in [0.717, 1.165) is 5.56 Å². The lowest BCUT2D eigenvalue weighted by atomic mass is 10.0. The standard InChI is InChI=1S/C17H20N4O3/c1-5-18-16(23)13-7-12(9(2)6-14(13)22)17(24)21-15-10(3)8-19-11(4)20-15/h6-8,22H,5H2,1-4H3,(H,18,23)(H,19,20,21,24). The van der Waals surface area contributed by atoms with Gasteiger partial charge in [0.25, 0.3) is 11.8 Å². The summed E-state index contributed by atoms with van der Waals surface area (Å²) in [4.78, 5) is 32.8. The van der Waals surface area contributed by atoms with Gasteiger partial charge in [-0.1, -0.05) is 0 Å². The number of hydrogen-bond donors (Lipinski definition) is 3. The number of carbonyl (C=O) groups excluding carboxylic acids is 2. The van der Waals surface area contributed by atoms with Crippen molar-refractivity contribution in [2.75, 3.05) is 11.9 Å². The van der Waals surface area contributed by atoms with Crippen LogP contribution in [-0.2, 0) is 0 Å². The highest BCUT2D eigenvalue weighted by Crippen LogP contribution is 2.23. The Hall–Kier alpha value is -2.96. The minimum absolute atomic E-state index is 0.0585. The average molecular weight is 328 g/mol. The number of benzene rings is 1. The van der Waals surface area contributed by atoms with Crippen molar-refractivity contribution in [3.8, 4) is 5.75 Å². The number of phenolic OH excluding ortho intramolecular Hbond substituents is 1. The highest BCUT2D eigenvalue weighted by atomic mass is 16.3. The van der Waals surface area contributed by atoms with Crippen LogP contribution in [0.15, 0.2) is 18.3 Å². The number of nitrogens with zero attached hydrogens (tertiary/aromatic N) is 2. The normalized spacial score (nSPS) is 10.3. The molecule has 0 unspecified atom stereocenters. The molecule has 2 rings (SSSR count). The van der Waals surface area contributed by atoms with Crippen molar-refractivity contribution in [2.24, 2.45) is 0 Å². The summed E-state index contributed by atoms with van der Waals surface area (Å²) >= 11 is 0. The summed E-state index contributed by atoms with van der Waals surface area (Å²) in [7, 11) is 0. The number of aromatic hydroxyl groups is 1. The molecule has 0 bridgehead atoms. The number of carbonyl (C=O) groups is 2. The van der Waals surface area contributed by atoms with Crippen molar-refractivity contribution in [3.63, 3.8) is 0 Å². The largest absolute Gasteiger partial charge is 0.507 e. The zero-order valence-corrected chi connectivity index (χ0v) is 14.1. The van der Waals surface area contributed by atoms with E-state index in [0.29, 0.717) is 29.3 Å². The van der Waals surface area contributed by atoms with E-state index in [2.05, 4.69) is 20.6 Å². The molecular formula is C17H20N4O3. The van der Waals surface area contributed by atoms with Gasteiger partial charge in [-0.3, -0.25) is 9.59 Å². The van der Waals surface area contributed by atoms with Crippen LogP contribution in [-0.4, -0.2) is 33.4 Å². The van der Waals surface area contributed by atoms with Gasteiger partial charge in [-0.05, 0) is 45.4 Å². The third-order valence-electron chi connectivity index (χ3n) is 3.49. The number of aryl methyl sites for hydroxylation is 3. The lowest BCUT2D eigenvalue weighted by Crippen LogP contribution is -2.24. The third kappa shape index (κ3) is 3.68. The van der Waals surface area contributed by atoms with Gasteiger partial charge in [0, 0.05) is 23.9 Å². The topological polar surface area (TPSA) is 104 Å². The number of aromatic nitrogens is 2. The number of hydrogen-bond acceptors (Lipinski definition) is 5. The van der Waals surface area contributed by atoms with E-state index in [1.54, 1.807) is 33.9 Å². The van der Waals surface area contributed by atoms with Gasteiger partial charge in [0.2, 0.25) is 0 Å². The zero-order chi connectivity index (χ0) is 17.9. The van der Waals surface area contributed by atoms with Gasteiger partial charge in [0.15, 0.2) is 0 Å². The molecule has 3 N–H and O–H groups in total. The molecule has 7 heteroatoms. The predicted molar refractivity (Wildman–Crippen MR) is 90.3 cm³/mol. The van der Waals surface area contributed by atoms with Crippen molar-refractivity contribution in [1.82, 2.24) is 15.3 Å². The molecular weight excluding hydrogens is 308 g/mol. The van der Waals surface area contributed by atoms with Crippen LogP contribution < -0.4 is 10.6 Å². The summed E-state index contributed by atoms with van der Waals surface area (Å²) in [5.74, 6) is -0.0395. The summed E-state index contributed by atoms with van der Waals surface area (Å²) in [6.07, 6.45) is 1.63. The predicted octanol–water partition coefficient (Wildman–Crippen LogP) is 2.11. The summed E-state index contributed by atoms with van der Waals surface area (Å²) in [5.41, 5.74) is 1.64. The Morgan fingerprint density at radius 2 is 1.79 bits per heavy atom. The highest BCUT2D eigenvalue weighted by molar-refractivity contribution is 6.07. The van der Waals surface area contributed by atoms with Crippen LogP contribution in [0.2, 0.25) is 0 Å². The van der Waals surface area contributed by atoms with Crippen molar-refractivity contribution in [2.45, 2.75) is 27.7 Å². The van der Waals surface area contributed by atoms with Gasteiger partial charge in [0.05, 0.1) is 5.56 Å². The van der Waals surface area contributed by atoms with E-state index in [1.165, 1.54) is 12.1 Å². The van der Waals surface area contributed by atoms with Gasteiger partial charge in [-0.2, -0.15) is 0 Å². The monoisotopic (exact) mass is 328 g/mol. The van der Waals surface area contributed by atoms with Crippen LogP contribution >= 0.6 is 0 Å². The summed E-state index contributed by atoms with van der Waals surface area (Å²) in [5, 5.41) is 15.3. The molecule has 24 heavy (non-hydrogen) atoms. The molecule has 2 amide bonds. The highest BCUT2D eigenvalue weighted by Gasteiger charge is 2.18. The van der Waals surface area contributed by atoms with Crippen molar-refractivity contribution in [3.05, 3.63) is 46.4 Å². The number of amides is 2. The first-order chi connectivity index (χ1) is 11.3. The number of anilines is 1. The second-order valence-electron chi connectivity index (χ2n) is 5.45. The van der Waals surface area contributed by atoms with E-state index in [4.69, 9.17) is 0 Å². The van der Waals surface area contributed by atoms with Crippen LogP contribution in [0.1, 0.15) is 44.6 Å². The van der Waals surface area contributed by atoms with Crippen LogP contribution in [0.5, 0.6) is 5.75 Å². The molecule has 0 aliphatic rings. The Bertz CT molecular complexity index is 803. The van der Waals surface area contributed by atoms with Gasteiger partial charge in [-0.25, -0.2) is 9.97 Å². The van der Waals surface area contributed by atoms with Gasteiger partial charge in [-0.15, -0.1) is 0 Å². The van der Waals surface area contributed by atoms with Crippen molar-refractivity contribution >= 4 is 17.6 Å². The van der Waals surface area contributed by atoms with Gasteiger partial charge < -0.3 is 15.7 Å². The maximum Gasteiger partial charge on any atom is 0.257 e. The van der Waals surface area contributed by atoms with E-state index in [1.807, 2.05) is 0 Å². The Kier molecular flexibility index (Phi) is 5.13. The minimum atomic E-state index is -0.432. The maximum atomic E-state index is 12.6. The van der Waals surface area contributed by atoms with Crippen molar-refractivity contribution < 1.29 is 14.7 Å². The molecule has 0 saturated carbocycles. The maximum absolute atomic E-state index is 12.6. The molecule has 1 aromatic heterocycles. The lowest BCUT2D eigenvalue weighted by molar-refractivity contribution is 0.0953. The van der Waals surface area contributed by atoms with E-state index >= 15 is 0 Å². The minimum Gasteiger partial charge on any atom is -0.507 e.